The van der Waals surface area contributed by atoms with Crippen LogP contribution in [-0.4, -0.2) is 74.4 Å². The van der Waals surface area contributed by atoms with E-state index < -0.39 is 0 Å². The molecule has 1 aliphatic rings. The molecule has 2 aromatic rings. The van der Waals surface area contributed by atoms with Crippen molar-refractivity contribution >= 4 is 17.5 Å². The van der Waals surface area contributed by atoms with Gasteiger partial charge in [-0.25, -0.2) is 14.8 Å². The van der Waals surface area contributed by atoms with E-state index in [1.54, 1.807) is 0 Å². The fraction of sp³-hybridized carbons (Fsp3) is 0.522. The van der Waals surface area contributed by atoms with Gasteiger partial charge in [0.15, 0.2) is 5.82 Å². The van der Waals surface area contributed by atoms with Crippen LogP contribution >= 0.6 is 0 Å². The Balaban J connectivity index is 1.69. The van der Waals surface area contributed by atoms with Crippen LogP contribution in [0.15, 0.2) is 24.3 Å². The maximum Gasteiger partial charge on any atom is 0.319 e. The van der Waals surface area contributed by atoms with E-state index in [0.29, 0.717) is 12.4 Å². The normalized spacial score (nSPS) is 14.0. The number of anilines is 2. The molecule has 168 valence electrons. The molecular formula is C23H34N6O2. The first-order valence-corrected chi connectivity index (χ1v) is 11.0. The molecule has 0 spiro atoms. The lowest BCUT2D eigenvalue weighted by molar-refractivity contribution is 0.122. The quantitative estimate of drug-likeness (QED) is 0.632. The number of benzene rings is 1. The third kappa shape index (κ3) is 6.38. The van der Waals surface area contributed by atoms with Crippen molar-refractivity contribution in [2.24, 2.45) is 0 Å². The number of aromatic nitrogens is 2. The molecule has 0 aliphatic carbocycles. The van der Waals surface area contributed by atoms with E-state index in [0.717, 1.165) is 74.0 Å². The molecule has 1 saturated heterocycles. The van der Waals surface area contributed by atoms with Gasteiger partial charge in [0.1, 0.15) is 5.82 Å². The molecule has 0 radical (unpaired) electrons. The molecule has 0 bridgehead atoms. The summed E-state index contributed by atoms with van der Waals surface area (Å²) in [7, 11) is 4.04. The Labute approximate surface area is 185 Å². The van der Waals surface area contributed by atoms with E-state index in [1.807, 2.05) is 38.4 Å². The van der Waals surface area contributed by atoms with Gasteiger partial charge in [-0.2, -0.15) is 0 Å². The number of rotatable bonds is 8. The predicted molar refractivity (Wildman–Crippen MR) is 125 cm³/mol. The molecule has 0 unspecified atom stereocenters. The summed E-state index contributed by atoms with van der Waals surface area (Å²) in [5, 5.41) is 5.76. The molecule has 1 aromatic carbocycles. The SMILES string of the molecule is CCc1nc(-c2ccc(NC(=O)NCCCN(C)C)cc2)nc(N2CCOCC2)c1C. The Morgan fingerprint density at radius 1 is 1.16 bits per heavy atom. The van der Waals surface area contributed by atoms with Gasteiger partial charge in [-0.3, -0.25) is 0 Å². The van der Waals surface area contributed by atoms with Gasteiger partial charge in [-0.1, -0.05) is 6.92 Å². The Hall–Kier alpha value is -2.71. The van der Waals surface area contributed by atoms with E-state index in [2.05, 4.69) is 34.3 Å². The Bertz CT molecular complexity index is 863. The predicted octanol–water partition coefficient (Wildman–Crippen LogP) is 2.92. The van der Waals surface area contributed by atoms with E-state index in [9.17, 15) is 4.79 Å². The summed E-state index contributed by atoms with van der Waals surface area (Å²) in [5.41, 5.74) is 3.87. The second-order valence-electron chi connectivity index (χ2n) is 8.01. The topological polar surface area (TPSA) is 82.6 Å². The van der Waals surface area contributed by atoms with Crippen molar-refractivity contribution in [3.8, 4) is 11.4 Å². The van der Waals surface area contributed by atoms with Crippen LogP contribution in [0.3, 0.4) is 0 Å². The molecule has 3 rings (SSSR count). The van der Waals surface area contributed by atoms with Crippen molar-refractivity contribution in [1.82, 2.24) is 20.2 Å². The summed E-state index contributed by atoms with van der Waals surface area (Å²) in [6, 6.07) is 7.49. The first-order chi connectivity index (χ1) is 15.0. The van der Waals surface area contributed by atoms with Gasteiger partial charge in [-0.05, 0) is 64.7 Å². The average Bonchev–Trinajstić information content (AvgIpc) is 2.78. The van der Waals surface area contributed by atoms with Crippen molar-refractivity contribution in [3.05, 3.63) is 35.5 Å². The highest BCUT2D eigenvalue weighted by atomic mass is 16.5. The second-order valence-corrected chi connectivity index (χ2v) is 8.01. The van der Waals surface area contributed by atoms with Gasteiger partial charge in [0.25, 0.3) is 0 Å². The summed E-state index contributed by atoms with van der Waals surface area (Å²) in [6.07, 6.45) is 1.77. The van der Waals surface area contributed by atoms with Crippen LogP contribution in [0, 0.1) is 6.92 Å². The van der Waals surface area contributed by atoms with Crippen LogP contribution in [0.2, 0.25) is 0 Å². The van der Waals surface area contributed by atoms with Gasteiger partial charge < -0.3 is 25.2 Å². The summed E-state index contributed by atoms with van der Waals surface area (Å²) in [5.74, 6) is 1.70. The first kappa shape index (κ1) is 23.0. The number of amides is 2. The number of ether oxygens (including phenoxy) is 1. The molecule has 0 saturated carbocycles. The fourth-order valence-electron chi connectivity index (χ4n) is 3.58. The van der Waals surface area contributed by atoms with Gasteiger partial charge in [0.2, 0.25) is 0 Å². The Morgan fingerprint density at radius 2 is 1.87 bits per heavy atom. The number of urea groups is 1. The van der Waals surface area contributed by atoms with Gasteiger partial charge in [0, 0.05) is 42.1 Å². The molecule has 1 fully saturated rings. The third-order valence-corrected chi connectivity index (χ3v) is 5.34. The largest absolute Gasteiger partial charge is 0.378 e. The molecule has 0 atom stereocenters. The monoisotopic (exact) mass is 426 g/mol. The average molecular weight is 427 g/mol. The lowest BCUT2D eigenvalue weighted by atomic mass is 10.1. The van der Waals surface area contributed by atoms with Gasteiger partial charge in [0.05, 0.1) is 13.2 Å². The highest BCUT2D eigenvalue weighted by molar-refractivity contribution is 5.89. The first-order valence-electron chi connectivity index (χ1n) is 11.0. The van der Waals surface area contributed by atoms with E-state index in [1.165, 1.54) is 0 Å². The van der Waals surface area contributed by atoms with Crippen molar-refractivity contribution < 1.29 is 9.53 Å². The maximum absolute atomic E-state index is 12.1. The van der Waals surface area contributed by atoms with Gasteiger partial charge >= 0.3 is 6.03 Å². The molecule has 8 heteroatoms. The minimum Gasteiger partial charge on any atom is -0.378 e. The fourth-order valence-corrected chi connectivity index (χ4v) is 3.58. The highest BCUT2D eigenvalue weighted by Crippen LogP contribution is 2.26. The maximum atomic E-state index is 12.1. The number of morpholine rings is 1. The van der Waals surface area contributed by atoms with Crippen LogP contribution in [0.4, 0.5) is 16.3 Å². The van der Waals surface area contributed by atoms with Crippen molar-refractivity contribution in [3.63, 3.8) is 0 Å². The zero-order chi connectivity index (χ0) is 22.2. The van der Waals surface area contributed by atoms with Crippen LogP contribution in [0.1, 0.15) is 24.6 Å². The molecule has 2 heterocycles. The molecular weight excluding hydrogens is 392 g/mol. The summed E-state index contributed by atoms with van der Waals surface area (Å²) in [6.45, 7) is 8.92. The minimum absolute atomic E-state index is 0.194. The van der Waals surface area contributed by atoms with Crippen molar-refractivity contribution in [1.29, 1.82) is 0 Å². The number of hydrogen-bond acceptors (Lipinski definition) is 6. The van der Waals surface area contributed by atoms with Crippen LogP contribution in [0.5, 0.6) is 0 Å². The second kappa shape index (κ2) is 11.1. The lowest BCUT2D eigenvalue weighted by Crippen LogP contribution is -2.37. The van der Waals surface area contributed by atoms with Crippen molar-refractivity contribution in [2.75, 3.05) is 63.7 Å². The Morgan fingerprint density at radius 3 is 2.52 bits per heavy atom. The number of carbonyl (C=O) groups excluding carboxylic acids is 1. The zero-order valence-electron chi connectivity index (χ0n) is 19.1. The number of nitrogens with one attached hydrogen (secondary N) is 2. The molecule has 1 aromatic heterocycles. The van der Waals surface area contributed by atoms with E-state index >= 15 is 0 Å². The zero-order valence-corrected chi connectivity index (χ0v) is 19.1. The number of hydrogen-bond donors (Lipinski definition) is 2. The van der Waals surface area contributed by atoms with Crippen molar-refractivity contribution in [2.45, 2.75) is 26.7 Å². The standard InChI is InChI=1S/C23H34N6O2/c1-5-20-17(2)22(29-13-15-31-16-14-29)27-21(26-20)18-7-9-19(10-8-18)25-23(30)24-11-6-12-28(3)4/h7-10H,5-6,11-16H2,1-4H3,(H2,24,25,30). The van der Waals surface area contributed by atoms with Crippen LogP contribution in [-0.2, 0) is 11.2 Å². The summed E-state index contributed by atoms with van der Waals surface area (Å²) >= 11 is 0. The summed E-state index contributed by atoms with van der Waals surface area (Å²) in [4.78, 5) is 26.1. The van der Waals surface area contributed by atoms with Gasteiger partial charge in [-0.15, -0.1) is 0 Å². The van der Waals surface area contributed by atoms with E-state index in [4.69, 9.17) is 14.7 Å². The summed E-state index contributed by atoms with van der Waals surface area (Å²) < 4.78 is 5.49. The Kier molecular flexibility index (Phi) is 8.20. The van der Waals surface area contributed by atoms with Crippen LogP contribution in [0.25, 0.3) is 11.4 Å². The highest BCUT2D eigenvalue weighted by Gasteiger charge is 2.19. The lowest BCUT2D eigenvalue weighted by Gasteiger charge is -2.29. The number of aryl methyl sites for hydroxylation is 1. The van der Waals surface area contributed by atoms with E-state index in [-0.39, 0.29) is 6.03 Å². The molecule has 2 amide bonds. The third-order valence-electron chi connectivity index (χ3n) is 5.34. The molecule has 8 nitrogen and oxygen atoms in total. The molecule has 2 N–H and O–H groups in total. The minimum atomic E-state index is -0.194. The number of carbonyl (C=O) groups is 1. The number of nitrogens with zero attached hydrogens (tertiary/aromatic N) is 4. The molecule has 1 aliphatic heterocycles. The molecule has 31 heavy (non-hydrogen) atoms. The smallest absolute Gasteiger partial charge is 0.319 e. The van der Waals surface area contributed by atoms with Crippen LogP contribution < -0.4 is 15.5 Å².